The molecule has 3 aromatic carbocycles. The number of aromatic nitrogens is 2. The zero-order chi connectivity index (χ0) is 25.3. The van der Waals surface area contributed by atoms with Crippen molar-refractivity contribution in [2.75, 3.05) is 16.0 Å². The van der Waals surface area contributed by atoms with E-state index >= 15 is 0 Å². The quantitative estimate of drug-likeness (QED) is 0.271. The van der Waals surface area contributed by atoms with Crippen LogP contribution in [0.2, 0.25) is 5.02 Å². The van der Waals surface area contributed by atoms with Crippen molar-refractivity contribution in [1.29, 1.82) is 0 Å². The molecule has 4 aromatic rings. The summed E-state index contributed by atoms with van der Waals surface area (Å²) in [6.07, 6.45) is -1.69. The highest BCUT2D eigenvalue weighted by Crippen LogP contribution is 2.31. The first-order valence-corrected chi connectivity index (χ1v) is 11.4. The Hall–Kier alpha value is -4.11. The number of carbonyl (C=O) groups is 1. The number of rotatable bonds is 2. The minimum Gasteiger partial charge on any atom is -0.339 e. The van der Waals surface area contributed by atoms with Crippen LogP contribution in [-0.4, -0.2) is 15.9 Å². The van der Waals surface area contributed by atoms with Crippen LogP contribution in [-0.2, 0) is 19.0 Å². The number of fused-ring (bicyclic) bond motifs is 6. The fourth-order valence-electron chi connectivity index (χ4n) is 3.87. The average Bonchev–Trinajstić information content (AvgIpc) is 2.86. The molecule has 0 saturated carbocycles. The van der Waals surface area contributed by atoms with Gasteiger partial charge in [0.25, 0.3) is 5.91 Å². The van der Waals surface area contributed by atoms with Crippen molar-refractivity contribution in [3.8, 4) is 0 Å². The lowest BCUT2D eigenvalue weighted by molar-refractivity contribution is -0.137. The van der Waals surface area contributed by atoms with Crippen molar-refractivity contribution in [2.24, 2.45) is 0 Å². The van der Waals surface area contributed by atoms with Crippen LogP contribution < -0.4 is 16.0 Å². The summed E-state index contributed by atoms with van der Waals surface area (Å²) in [5, 5.41) is 9.54. The van der Waals surface area contributed by atoms with E-state index in [1.807, 2.05) is 30.3 Å². The van der Waals surface area contributed by atoms with E-state index in [1.165, 1.54) is 6.20 Å². The molecule has 5 rings (SSSR count). The van der Waals surface area contributed by atoms with Gasteiger partial charge in [0, 0.05) is 22.6 Å². The zero-order valence-corrected chi connectivity index (χ0v) is 19.4. The minimum absolute atomic E-state index is 0.126. The molecule has 0 radical (unpaired) electrons. The molecule has 1 amide bonds. The van der Waals surface area contributed by atoms with Gasteiger partial charge < -0.3 is 16.0 Å². The fraction of sp³-hybridized carbons (Fsp3) is 0.115. The van der Waals surface area contributed by atoms with Crippen LogP contribution in [0.3, 0.4) is 0 Å². The van der Waals surface area contributed by atoms with E-state index in [9.17, 15) is 18.0 Å². The van der Waals surface area contributed by atoms with E-state index in [0.29, 0.717) is 41.0 Å². The molecule has 1 aliphatic heterocycles. The SMILES string of the molecule is O=C(Nc1ccc2cc1CCc1cccc(c1)Nc1ncc(Cl)c(n1)N2)c1ccc(C(F)(F)F)cc1. The lowest BCUT2D eigenvalue weighted by atomic mass is 10.0. The van der Waals surface area contributed by atoms with Crippen molar-refractivity contribution in [3.63, 3.8) is 0 Å². The molecule has 0 fully saturated rings. The second kappa shape index (κ2) is 9.50. The Morgan fingerprint density at radius 2 is 1.72 bits per heavy atom. The van der Waals surface area contributed by atoms with Gasteiger partial charge in [-0.3, -0.25) is 4.79 Å². The van der Waals surface area contributed by atoms with Gasteiger partial charge in [0.05, 0.1) is 11.8 Å². The summed E-state index contributed by atoms with van der Waals surface area (Å²) in [6.45, 7) is 0. The molecule has 2 heterocycles. The summed E-state index contributed by atoms with van der Waals surface area (Å²) >= 11 is 6.30. The maximum Gasteiger partial charge on any atom is 0.416 e. The largest absolute Gasteiger partial charge is 0.416 e. The molecule has 6 nitrogen and oxygen atoms in total. The van der Waals surface area contributed by atoms with Gasteiger partial charge in [-0.05, 0) is 78.6 Å². The monoisotopic (exact) mass is 509 g/mol. The topological polar surface area (TPSA) is 78.9 Å². The molecule has 0 aliphatic carbocycles. The Morgan fingerprint density at radius 3 is 2.50 bits per heavy atom. The molecule has 1 aliphatic rings. The van der Waals surface area contributed by atoms with Gasteiger partial charge in [0.1, 0.15) is 5.02 Å². The van der Waals surface area contributed by atoms with E-state index in [-0.39, 0.29) is 5.56 Å². The smallest absolute Gasteiger partial charge is 0.339 e. The number of anilines is 5. The molecule has 36 heavy (non-hydrogen) atoms. The van der Waals surface area contributed by atoms with Gasteiger partial charge in [-0.1, -0.05) is 23.7 Å². The lowest BCUT2D eigenvalue weighted by Crippen LogP contribution is -2.14. The van der Waals surface area contributed by atoms with Crippen molar-refractivity contribution in [1.82, 2.24) is 9.97 Å². The molecule has 1 aromatic heterocycles. The van der Waals surface area contributed by atoms with E-state index in [2.05, 4.69) is 25.9 Å². The van der Waals surface area contributed by atoms with Crippen LogP contribution in [0.4, 0.5) is 42.0 Å². The summed E-state index contributed by atoms with van der Waals surface area (Å²) < 4.78 is 38.6. The normalized spacial score (nSPS) is 12.8. The molecule has 0 atom stereocenters. The second-order valence-corrected chi connectivity index (χ2v) is 8.65. The summed E-state index contributed by atoms with van der Waals surface area (Å²) in [4.78, 5) is 21.5. The second-order valence-electron chi connectivity index (χ2n) is 8.24. The highest BCUT2D eigenvalue weighted by atomic mass is 35.5. The van der Waals surface area contributed by atoms with Gasteiger partial charge in [-0.25, -0.2) is 4.98 Å². The van der Waals surface area contributed by atoms with Gasteiger partial charge in [0.15, 0.2) is 5.82 Å². The van der Waals surface area contributed by atoms with Crippen molar-refractivity contribution >= 4 is 46.3 Å². The van der Waals surface area contributed by atoms with Crippen LogP contribution in [0.15, 0.2) is 72.9 Å². The summed E-state index contributed by atoms with van der Waals surface area (Å²) in [5.74, 6) is 0.300. The van der Waals surface area contributed by atoms with Crippen LogP contribution in [0.1, 0.15) is 27.0 Å². The summed E-state index contributed by atoms with van der Waals surface area (Å²) in [6, 6.07) is 17.3. The molecule has 0 spiro atoms. The van der Waals surface area contributed by atoms with Crippen LogP contribution in [0.25, 0.3) is 0 Å². The predicted octanol–water partition coefficient (Wildman–Crippen LogP) is 6.99. The highest BCUT2D eigenvalue weighted by molar-refractivity contribution is 6.32. The Bertz CT molecular complexity index is 1440. The molecule has 10 heteroatoms. The standard InChI is InChI=1S/C26H19ClF3N5O/c27-21-14-31-25-33-19-3-1-2-15(12-19)4-5-17-13-20(32-23(21)35-25)10-11-22(17)34-24(36)16-6-8-18(9-7-16)26(28,29)30/h1-3,6-14H,4-5H2,(H,34,36)(H2,31,32,33,35). The van der Waals surface area contributed by atoms with Gasteiger partial charge in [0.2, 0.25) is 5.95 Å². The third-order valence-corrected chi connectivity index (χ3v) is 5.98. The molecular formula is C26H19ClF3N5O. The first kappa shape index (κ1) is 23.6. The number of nitrogens with one attached hydrogen (secondary N) is 3. The third kappa shape index (κ3) is 5.26. The molecule has 3 N–H and O–H groups in total. The first-order chi connectivity index (χ1) is 17.2. The zero-order valence-electron chi connectivity index (χ0n) is 18.7. The lowest BCUT2D eigenvalue weighted by Gasteiger charge is -2.15. The Balaban J connectivity index is 1.47. The van der Waals surface area contributed by atoms with Crippen LogP contribution >= 0.6 is 11.6 Å². The Kier molecular flexibility index (Phi) is 6.24. The van der Waals surface area contributed by atoms with Crippen LogP contribution in [0.5, 0.6) is 0 Å². The van der Waals surface area contributed by atoms with E-state index < -0.39 is 17.6 Å². The van der Waals surface area contributed by atoms with E-state index in [4.69, 9.17) is 11.6 Å². The van der Waals surface area contributed by atoms with E-state index in [0.717, 1.165) is 41.1 Å². The molecule has 0 unspecified atom stereocenters. The number of aryl methyl sites for hydroxylation is 2. The molecule has 6 bridgehead atoms. The van der Waals surface area contributed by atoms with Crippen LogP contribution in [0, 0.1) is 0 Å². The van der Waals surface area contributed by atoms with Crippen molar-refractivity contribution in [2.45, 2.75) is 19.0 Å². The van der Waals surface area contributed by atoms with Gasteiger partial charge in [-0.15, -0.1) is 0 Å². The summed E-state index contributed by atoms with van der Waals surface area (Å²) in [7, 11) is 0. The molecule has 182 valence electrons. The van der Waals surface area contributed by atoms with Crippen molar-refractivity contribution in [3.05, 3.63) is 100 Å². The average molecular weight is 510 g/mol. The van der Waals surface area contributed by atoms with Gasteiger partial charge >= 0.3 is 6.18 Å². The number of halogens is 4. The number of alkyl halides is 3. The van der Waals surface area contributed by atoms with Gasteiger partial charge in [-0.2, -0.15) is 18.2 Å². The highest BCUT2D eigenvalue weighted by Gasteiger charge is 2.30. The minimum atomic E-state index is -4.47. The molecular weight excluding hydrogens is 491 g/mol. The number of amides is 1. The Labute approximate surface area is 209 Å². The van der Waals surface area contributed by atoms with E-state index in [1.54, 1.807) is 12.1 Å². The van der Waals surface area contributed by atoms with Crippen molar-refractivity contribution < 1.29 is 18.0 Å². The number of hydrogen-bond acceptors (Lipinski definition) is 5. The first-order valence-electron chi connectivity index (χ1n) is 11.0. The number of nitrogens with zero attached hydrogens (tertiary/aromatic N) is 2. The summed E-state index contributed by atoms with van der Waals surface area (Å²) in [5.41, 5.74) is 3.30. The Morgan fingerprint density at radius 1 is 0.944 bits per heavy atom. The fourth-order valence-corrected chi connectivity index (χ4v) is 4.01. The number of benzene rings is 3. The number of carbonyl (C=O) groups excluding carboxylic acids is 1. The number of hydrogen-bond donors (Lipinski definition) is 3. The maximum atomic E-state index is 12.9. The third-order valence-electron chi connectivity index (χ3n) is 5.70. The molecule has 0 saturated heterocycles. The predicted molar refractivity (Wildman–Crippen MR) is 133 cm³/mol. The maximum absolute atomic E-state index is 12.9.